The number of aliphatic hydroxyl groups is 1. The first-order valence-electron chi connectivity index (χ1n) is 6.58. The molecule has 0 aliphatic carbocycles. The lowest BCUT2D eigenvalue weighted by molar-refractivity contribution is 0.101. The minimum atomic E-state index is 0.152. The number of hydrogen-bond acceptors (Lipinski definition) is 4. The van der Waals surface area contributed by atoms with Gasteiger partial charge >= 0.3 is 0 Å². The third-order valence-corrected chi connectivity index (χ3v) is 2.97. The summed E-state index contributed by atoms with van der Waals surface area (Å²) in [5.41, 5.74) is 1.09. The molecule has 0 amide bonds. The molecule has 0 aliphatic rings. The summed E-state index contributed by atoms with van der Waals surface area (Å²) >= 11 is 6.04. The van der Waals surface area contributed by atoms with Gasteiger partial charge in [-0.3, -0.25) is 0 Å². The molecule has 0 atom stereocenters. The van der Waals surface area contributed by atoms with Crippen LogP contribution in [0, 0.1) is 0 Å². The van der Waals surface area contributed by atoms with Crippen LogP contribution in [0.2, 0.25) is 5.02 Å². The maximum atomic E-state index is 8.56. The Labute approximate surface area is 119 Å². The molecule has 0 heterocycles. The maximum Gasteiger partial charge on any atom is 0.119 e. The van der Waals surface area contributed by atoms with E-state index in [1.807, 2.05) is 18.2 Å². The van der Waals surface area contributed by atoms with Crippen molar-refractivity contribution in [1.29, 1.82) is 0 Å². The Morgan fingerprint density at radius 1 is 1.21 bits per heavy atom. The van der Waals surface area contributed by atoms with E-state index in [2.05, 4.69) is 12.2 Å². The topological polar surface area (TPSA) is 50.7 Å². The molecule has 1 rings (SSSR count). The van der Waals surface area contributed by atoms with Crippen molar-refractivity contribution >= 4 is 11.6 Å². The van der Waals surface area contributed by atoms with Crippen LogP contribution in [0.1, 0.15) is 12.5 Å². The van der Waals surface area contributed by atoms with Crippen LogP contribution in [-0.4, -0.2) is 44.6 Å². The summed E-state index contributed by atoms with van der Waals surface area (Å²) in [5, 5.41) is 12.4. The van der Waals surface area contributed by atoms with Crippen LogP contribution in [0.4, 0.5) is 0 Å². The molecule has 4 nitrogen and oxygen atoms in total. The van der Waals surface area contributed by atoms with Crippen LogP contribution in [0.15, 0.2) is 18.2 Å². The van der Waals surface area contributed by atoms with E-state index in [0.29, 0.717) is 26.4 Å². The minimum Gasteiger partial charge on any atom is -0.491 e. The van der Waals surface area contributed by atoms with E-state index >= 15 is 0 Å². The number of aryl methyl sites for hydroxylation is 1. The van der Waals surface area contributed by atoms with Gasteiger partial charge in [0.2, 0.25) is 0 Å². The average Bonchev–Trinajstić information content (AvgIpc) is 2.43. The molecular weight excluding hydrogens is 266 g/mol. The van der Waals surface area contributed by atoms with Crippen molar-refractivity contribution in [1.82, 2.24) is 5.32 Å². The van der Waals surface area contributed by atoms with Gasteiger partial charge in [-0.1, -0.05) is 18.5 Å². The fourth-order valence-corrected chi connectivity index (χ4v) is 1.83. The van der Waals surface area contributed by atoms with E-state index in [1.165, 1.54) is 0 Å². The quantitative estimate of drug-likeness (QED) is 0.645. The highest BCUT2D eigenvalue weighted by atomic mass is 35.5. The Bertz CT molecular complexity index is 361. The van der Waals surface area contributed by atoms with Crippen LogP contribution in [0.5, 0.6) is 5.75 Å². The molecule has 108 valence electrons. The van der Waals surface area contributed by atoms with E-state index in [9.17, 15) is 0 Å². The Hall–Kier alpha value is -0.810. The van der Waals surface area contributed by atoms with Crippen molar-refractivity contribution in [3.63, 3.8) is 0 Å². The van der Waals surface area contributed by atoms with Crippen molar-refractivity contribution < 1.29 is 14.6 Å². The first-order chi connectivity index (χ1) is 9.27. The van der Waals surface area contributed by atoms with Crippen molar-refractivity contribution in [2.75, 3.05) is 39.5 Å². The predicted molar refractivity (Wildman–Crippen MR) is 77.1 cm³/mol. The zero-order chi connectivity index (χ0) is 13.9. The van der Waals surface area contributed by atoms with Gasteiger partial charge in [0.1, 0.15) is 12.4 Å². The molecular formula is C14H22ClNO3. The fraction of sp³-hybridized carbons (Fsp3) is 0.571. The molecule has 2 N–H and O–H groups in total. The summed E-state index contributed by atoms with van der Waals surface area (Å²) in [5.74, 6) is 0.822. The second-order valence-corrected chi connectivity index (χ2v) is 4.45. The Kier molecular flexibility index (Phi) is 8.58. The Balaban J connectivity index is 2.12. The van der Waals surface area contributed by atoms with E-state index < -0.39 is 0 Å². The smallest absolute Gasteiger partial charge is 0.119 e. The third kappa shape index (κ3) is 6.78. The number of nitrogens with one attached hydrogen (secondary N) is 1. The number of aliphatic hydroxyl groups excluding tert-OH is 1. The van der Waals surface area contributed by atoms with Gasteiger partial charge in [-0.25, -0.2) is 0 Å². The monoisotopic (exact) mass is 287 g/mol. The second kappa shape index (κ2) is 10.0. The molecule has 0 spiro atoms. The average molecular weight is 288 g/mol. The molecule has 1 aromatic carbocycles. The van der Waals surface area contributed by atoms with Crippen molar-refractivity contribution in [2.45, 2.75) is 13.3 Å². The summed E-state index contributed by atoms with van der Waals surface area (Å²) in [6, 6.07) is 5.69. The molecule has 0 aliphatic heterocycles. The SMILES string of the molecule is CCc1cc(OCCOCCNCCO)ccc1Cl. The number of ether oxygens (including phenoxy) is 2. The van der Waals surface area contributed by atoms with Crippen LogP contribution in [0.25, 0.3) is 0 Å². The summed E-state index contributed by atoms with van der Waals surface area (Å²) in [6.45, 7) is 5.23. The van der Waals surface area contributed by atoms with Gasteiger partial charge in [0.25, 0.3) is 0 Å². The van der Waals surface area contributed by atoms with E-state index in [4.69, 9.17) is 26.2 Å². The number of rotatable bonds is 10. The maximum absolute atomic E-state index is 8.56. The van der Waals surface area contributed by atoms with Gasteiger partial charge in [0.05, 0.1) is 19.8 Å². The number of halogens is 1. The normalized spacial score (nSPS) is 10.7. The molecule has 0 radical (unpaired) electrons. The molecule has 0 bridgehead atoms. The Morgan fingerprint density at radius 3 is 2.79 bits per heavy atom. The van der Waals surface area contributed by atoms with Crippen molar-refractivity contribution in [3.05, 3.63) is 28.8 Å². The van der Waals surface area contributed by atoms with E-state index in [-0.39, 0.29) is 6.61 Å². The van der Waals surface area contributed by atoms with Crippen LogP contribution in [0.3, 0.4) is 0 Å². The van der Waals surface area contributed by atoms with E-state index in [0.717, 1.165) is 29.3 Å². The van der Waals surface area contributed by atoms with Gasteiger partial charge < -0.3 is 19.9 Å². The molecule has 19 heavy (non-hydrogen) atoms. The van der Waals surface area contributed by atoms with Crippen molar-refractivity contribution in [3.8, 4) is 5.75 Å². The largest absolute Gasteiger partial charge is 0.491 e. The van der Waals surface area contributed by atoms with Gasteiger partial charge in [-0.15, -0.1) is 0 Å². The summed E-state index contributed by atoms with van der Waals surface area (Å²) in [6.07, 6.45) is 0.892. The molecule has 0 saturated carbocycles. The summed E-state index contributed by atoms with van der Waals surface area (Å²) in [7, 11) is 0. The van der Waals surface area contributed by atoms with Gasteiger partial charge in [0.15, 0.2) is 0 Å². The lowest BCUT2D eigenvalue weighted by Gasteiger charge is -2.09. The highest BCUT2D eigenvalue weighted by Crippen LogP contribution is 2.22. The van der Waals surface area contributed by atoms with Gasteiger partial charge in [0, 0.05) is 18.1 Å². The standard InChI is InChI=1S/C14H22ClNO3/c1-2-12-11-13(3-4-14(12)15)19-10-9-18-8-6-16-5-7-17/h3-4,11,16-17H,2,5-10H2,1H3. The molecule has 1 aromatic rings. The zero-order valence-electron chi connectivity index (χ0n) is 11.3. The summed E-state index contributed by atoms with van der Waals surface area (Å²) in [4.78, 5) is 0. The first-order valence-corrected chi connectivity index (χ1v) is 6.96. The third-order valence-electron chi connectivity index (χ3n) is 2.61. The van der Waals surface area contributed by atoms with Crippen LogP contribution >= 0.6 is 11.6 Å². The number of hydrogen-bond donors (Lipinski definition) is 2. The first kappa shape index (κ1) is 16.2. The van der Waals surface area contributed by atoms with Gasteiger partial charge in [-0.2, -0.15) is 0 Å². The minimum absolute atomic E-state index is 0.152. The predicted octanol–water partition coefficient (Wildman–Crippen LogP) is 1.88. The molecule has 0 aromatic heterocycles. The lowest BCUT2D eigenvalue weighted by atomic mass is 10.1. The molecule has 0 fully saturated rings. The summed E-state index contributed by atoms with van der Waals surface area (Å²) < 4.78 is 11.0. The zero-order valence-corrected chi connectivity index (χ0v) is 12.1. The van der Waals surface area contributed by atoms with Gasteiger partial charge in [-0.05, 0) is 30.2 Å². The van der Waals surface area contributed by atoms with Crippen molar-refractivity contribution in [2.24, 2.45) is 0 Å². The molecule has 0 unspecified atom stereocenters. The van der Waals surface area contributed by atoms with Crippen LogP contribution in [-0.2, 0) is 11.2 Å². The molecule has 5 heteroatoms. The highest BCUT2D eigenvalue weighted by Gasteiger charge is 2.01. The fourth-order valence-electron chi connectivity index (χ4n) is 1.58. The molecule has 0 saturated heterocycles. The van der Waals surface area contributed by atoms with E-state index in [1.54, 1.807) is 0 Å². The Morgan fingerprint density at radius 2 is 2.05 bits per heavy atom. The lowest BCUT2D eigenvalue weighted by Crippen LogP contribution is -2.23. The highest BCUT2D eigenvalue weighted by molar-refractivity contribution is 6.31. The van der Waals surface area contributed by atoms with Crippen LogP contribution < -0.4 is 10.1 Å². The number of benzene rings is 1. The second-order valence-electron chi connectivity index (χ2n) is 4.04.